The van der Waals surface area contributed by atoms with E-state index in [4.69, 9.17) is 10.2 Å². The SMILES string of the molecule is CCCN(CC(=O)NC)C(=O)N[C@H](CCO)C(=O)O. The van der Waals surface area contributed by atoms with E-state index in [9.17, 15) is 14.4 Å². The van der Waals surface area contributed by atoms with Gasteiger partial charge in [-0.3, -0.25) is 4.79 Å². The van der Waals surface area contributed by atoms with Gasteiger partial charge in [-0.15, -0.1) is 0 Å². The molecule has 0 saturated carbocycles. The summed E-state index contributed by atoms with van der Waals surface area (Å²) in [5.74, 6) is -1.56. The highest BCUT2D eigenvalue weighted by Gasteiger charge is 2.23. The summed E-state index contributed by atoms with van der Waals surface area (Å²) in [7, 11) is 1.45. The van der Waals surface area contributed by atoms with Crippen molar-refractivity contribution in [2.45, 2.75) is 25.8 Å². The molecule has 0 saturated heterocycles. The third kappa shape index (κ3) is 6.61. The summed E-state index contributed by atoms with van der Waals surface area (Å²) in [6.45, 7) is 1.69. The fourth-order valence-corrected chi connectivity index (χ4v) is 1.40. The topological polar surface area (TPSA) is 119 Å². The highest BCUT2D eigenvalue weighted by Crippen LogP contribution is 1.97. The molecule has 0 aromatic heterocycles. The zero-order chi connectivity index (χ0) is 14.8. The van der Waals surface area contributed by atoms with Crippen molar-refractivity contribution in [3.8, 4) is 0 Å². The Morgan fingerprint density at radius 1 is 1.32 bits per heavy atom. The van der Waals surface area contributed by atoms with Crippen molar-refractivity contribution in [2.24, 2.45) is 0 Å². The van der Waals surface area contributed by atoms with E-state index in [0.29, 0.717) is 13.0 Å². The number of carbonyl (C=O) groups excluding carboxylic acids is 2. The largest absolute Gasteiger partial charge is 0.480 e. The van der Waals surface area contributed by atoms with E-state index in [0.717, 1.165) is 0 Å². The van der Waals surface area contributed by atoms with E-state index in [1.54, 1.807) is 0 Å². The number of amides is 3. The fourth-order valence-electron chi connectivity index (χ4n) is 1.40. The predicted molar refractivity (Wildman–Crippen MR) is 67.6 cm³/mol. The number of carbonyl (C=O) groups is 3. The molecule has 8 nitrogen and oxygen atoms in total. The van der Waals surface area contributed by atoms with Gasteiger partial charge in [0.05, 0.1) is 0 Å². The second-order valence-corrected chi connectivity index (χ2v) is 3.95. The molecular formula is C11H21N3O5. The molecule has 0 bridgehead atoms. The van der Waals surface area contributed by atoms with Crippen LogP contribution in [0.5, 0.6) is 0 Å². The van der Waals surface area contributed by atoms with Crippen LogP contribution in [-0.2, 0) is 9.59 Å². The van der Waals surface area contributed by atoms with Gasteiger partial charge in [0.15, 0.2) is 0 Å². The number of rotatable bonds is 8. The van der Waals surface area contributed by atoms with Crippen LogP contribution in [-0.4, -0.2) is 65.8 Å². The summed E-state index contributed by atoms with van der Waals surface area (Å²) in [6, 6.07) is -1.80. The number of aliphatic hydroxyl groups is 1. The maximum atomic E-state index is 11.9. The van der Waals surface area contributed by atoms with Crippen molar-refractivity contribution >= 4 is 17.9 Å². The molecule has 3 amide bonds. The minimum absolute atomic E-state index is 0.0823. The van der Waals surface area contributed by atoms with Crippen LogP contribution in [0.3, 0.4) is 0 Å². The van der Waals surface area contributed by atoms with Gasteiger partial charge in [-0.2, -0.15) is 0 Å². The molecule has 0 spiro atoms. The quantitative estimate of drug-likeness (QED) is 0.452. The van der Waals surface area contributed by atoms with Crippen LogP contribution in [0.2, 0.25) is 0 Å². The van der Waals surface area contributed by atoms with Crippen LogP contribution in [0.15, 0.2) is 0 Å². The predicted octanol–water partition coefficient (Wildman–Crippen LogP) is -1.01. The molecule has 19 heavy (non-hydrogen) atoms. The second-order valence-electron chi connectivity index (χ2n) is 3.95. The Hall–Kier alpha value is -1.83. The van der Waals surface area contributed by atoms with Gasteiger partial charge in [-0.1, -0.05) is 6.92 Å². The van der Waals surface area contributed by atoms with Crippen molar-refractivity contribution in [2.75, 3.05) is 26.7 Å². The number of carboxylic acids is 1. The Labute approximate surface area is 111 Å². The van der Waals surface area contributed by atoms with Crippen molar-refractivity contribution in [3.05, 3.63) is 0 Å². The van der Waals surface area contributed by atoms with Crippen molar-refractivity contribution < 1.29 is 24.6 Å². The standard InChI is InChI=1S/C11H21N3O5/c1-3-5-14(7-9(16)12-2)11(19)13-8(4-6-15)10(17)18/h8,15H,3-7H2,1-2H3,(H,12,16)(H,13,19)(H,17,18)/t8-/m1/s1. The minimum atomic E-state index is -1.22. The number of urea groups is 1. The number of likely N-dealkylation sites (N-methyl/N-ethyl adjacent to an activating group) is 1. The van der Waals surface area contributed by atoms with Crippen molar-refractivity contribution in [1.82, 2.24) is 15.5 Å². The number of aliphatic hydroxyl groups excluding tert-OH is 1. The molecule has 8 heteroatoms. The van der Waals surface area contributed by atoms with Gasteiger partial charge in [0.1, 0.15) is 12.6 Å². The first-order valence-corrected chi connectivity index (χ1v) is 6.05. The summed E-state index contributed by atoms with van der Waals surface area (Å²) in [5, 5.41) is 22.3. The second kappa shape index (κ2) is 9.15. The van der Waals surface area contributed by atoms with Gasteiger partial charge >= 0.3 is 12.0 Å². The fraction of sp³-hybridized carbons (Fsp3) is 0.727. The number of carboxylic acid groups (broad SMARTS) is 1. The summed E-state index contributed by atoms with van der Waals surface area (Å²) in [5.41, 5.74) is 0. The lowest BCUT2D eigenvalue weighted by Gasteiger charge is -2.23. The number of nitrogens with one attached hydrogen (secondary N) is 2. The van der Waals surface area contributed by atoms with Crippen LogP contribution in [0.1, 0.15) is 19.8 Å². The highest BCUT2D eigenvalue weighted by atomic mass is 16.4. The Balaban J connectivity index is 4.60. The normalized spacial score (nSPS) is 11.5. The van der Waals surface area contributed by atoms with Gasteiger partial charge in [0, 0.05) is 26.6 Å². The van der Waals surface area contributed by atoms with Crippen LogP contribution < -0.4 is 10.6 Å². The van der Waals surface area contributed by atoms with E-state index < -0.39 is 18.0 Å². The Kier molecular flexibility index (Phi) is 8.27. The third-order valence-corrected chi connectivity index (χ3v) is 2.41. The number of hydrogen-bond acceptors (Lipinski definition) is 4. The van der Waals surface area contributed by atoms with E-state index in [1.807, 2.05) is 6.92 Å². The first-order valence-electron chi connectivity index (χ1n) is 6.05. The van der Waals surface area contributed by atoms with E-state index >= 15 is 0 Å². The molecule has 1 atom stereocenters. The molecule has 4 N–H and O–H groups in total. The zero-order valence-corrected chi connectivity index (χ0v) is 11.2. The average Bonchev–Trinajstić information content (AvgIpc) is 2.37. The average molecular weight is 275 g/mol. The molecule has 0 aliphatic carbocycles. The molecule has 0 fully saturated rings. The van der Waals surface area contributed by atoms with Gasteiger partial charge in [-0.05, 0) is 6.42 Å². The van der Waals surface area contributed by atoms with E-state index in [2.05, 4.69) is 10.6 Å². The molecule has 0 radical (unpaired) electrons. The summed E-state index contributed by atoms with van der Waals surface area (Å²) in [4.78, 5) is 35.2. The third-order valence-electron chi connectivity index (χ3n) is 2.41. The molecule has 0 aliphatic heterocycles. The van der Waals surface area contributed by atoms with Crippen LogP contribution >= 0.6 is 0 Å². The van der Waals surface area contributed by atoms with Gasteiger partial charge in [0.2, 0.25) is 5.91 Å². The summed E-state index contributed by atoms with van der Waals surface area (Å²) < 4.78 is 0. The first-order chi connectivity index (χ1) is 8.96. The van der Waals surface area contributed by atoms with Crippen molar-refractivity contribution in [3.63, 3.8) is 0 Å². The summed E-state index contributed by atoms with van der Waals surface area (Å²) in [6.07, 6.45) is 0.559. The van der Waals surface area contributed by atoms with Gasteiger partial charge < -0.3 is 25.7 Å². The lowest BCUT2D eigenvalue weighted by Crippen LogP contribution is -2.50. The smallest absolute Gasteiger partial charge is 0.326 e. The van der Waals surface area contributed by atoms with E-state index in [1.165, 1.54) is 11.9 Å². The zero-order valence-electron chi connectivity index (χ0n) is 11.2. The van der Waals surface area contributed by atoms with Crippen LogP contribution in [0.25, 0.3) is 0 Å². The van der Waals surface area contributed by atoms with Gasteiger partial charge in [-0.25, -0.2) is 9.59 Å². The minimum Gasteiger partial charge on any atom is -0.480 e. The van der Waals surface area contributed by atoms with Crippen LogP contribution in [0.4, 0.5) is 4.79 Å². The maximum Gasteiger partial charge on any atom is 0.326 e. The number of aliphatic carboxylic acids is 1. The molecule has 0 aromatic rings. The van der Waals surface area contributed by atoms with Crippen molar-refractivity contribution in [1.29, 1.82) is 0 Å². The molecule has 0 aliphatic rings. The van der Waals surface area contributed by atoms with E-state index in [-0.39, 0.29) is 25.5 Å². The lowest BCUT2D eigenvalue weighted by atomic mass is 10.2. The molecule has 0 heterocycles. The maximum absolute atomic E-state index is 11.9. The number of hydrogen-bond donors (Lipinski definition) is 4. The number of nitrogens with zero attached hydrogens (tertiary/aromatic N) is 1. The molecule has 0 rings (SSSR count). The van der Waals surface area contributed by atoms with Gasteiger partial charge in [0.25, 0.3) is 0 Å². The first kappa shape index (κ1) is 17.2. The molecule has 0 aromatic carbocycles. The monoisotopic (exact) mass is 275 g/mol. The summed E-state index contributed by atoms with van der Waals surface area (Å²) >= 11 is 0. The molecule has 0 unspecified atom stereocenters. The Morgan fingerprint density at radius 2 is 1.95 bits per heavy atom. The molecule has 110 valence electrons. The Bertz CT molecular complexity index is 319. The highest BCUT2D eigenvalue weighted by molar-refractivity contribution is 5.86. The van der Waals surface area contributed by atoms with Crippen LogP contribution in [0, 0.1) is 0 Å². The molecular weight excluding hydrogens is 254 g/mol. The lowest BCUT2D eigenvalue weighted by molar-refractivity contribution is -0.139. The Morgan fingerprint density at radius 3 is 2.37 bits per heavy atom.